The van der Waals surface area contributed by atoms with Gasteiger partial charge in [0.05, 0.1) is 6.04 Å². The molecule has 2 aromatic heterocycles. The second-order valence-electron chi connectivity index (χ2n) is 8.59. The molecule has 7 nitrogen and oxygen atoms in total. The molecule has 0 aliphatic carbocycles. The lowest BCUT2D eigenvalue weighted by Crippen LogP contribution is -2.58. The van der Waals surface area contributed by atoms with E-state index < -0.39 is 0 Å². The number of rotatable bonds is 3. The van der Waals surface area contributed by atoms with Crippen molar-refractivity contribution in [2.75, 3.05) is 29.9 Å². The highest BCUT2D eigenvalue weighted by atomic mass is 15.4. The van der Waals surface area contributed by atoms with Crippen LogP contribution in [0.5, 0.6) is 0 Å². The van der Waals surface area contributed by atoms with Gasteiger partial charge < -0.3 is 15.1 Å². The molecule has 32 heavy (non-hydrogen) atoms. The number of benzene rings is 1. The Morgan fingerprint density at radius 1 is 1.09 bits per heavy atom. The second-order valence-corrected chi connectivity index (χ2v) is 8.59. The summed E-state index contributed by atoms with van der Waals surface area (Å²) in [6.07, 6.45) is 1.98. The molecule has 0 radical (unpaired) electrons. The number of hydrogen-bond donors (Lipinski definition) is 1. The summed E-state index contributed by atoms with van der Waals surface area (Å²) in [5, 5.41) is 13.8. The van der Waals surface area contributed by atoms with Crippen LogP contribution in [-0.2, 0) is 0 Å². The molecule has 1 aliphatic heterocycles. The second kappa shape index (κ2) is 9.23. The van der Waals surface area contributed by atoms with E-state index in [2.05, 4.69) is 57.1 Å². The van der Waals surface area contributed by atoms with E-state index in [1.54, 1.807) is 0 Å². The van der Waals surface area contributed by atoms with Crippen LogP contribution in [0.25, 0.3) is 11.0 Å². The fourth-order valence-corrected chi connectivity index (χ4v) is 4.16. The molecule has 3 aromatic rings. The Morgan fingerprint density at radius 2 is 1.88 bits per heavy atom. The van der Waals surface area contributed by atoms with Gasteiger partial charge in [0.25, 0.3) is 0 Å². The van der Waals surface area contributed by atoms with Gasteiger partial charge in [0.1, 0.15) is 5.82 Å². The maximum atomic E-state index is 9.36. The number of nitriles is 1. The van der Waals surface area contributed by atoms with E-state index >= 15 is 0 Å². The molecule has 1 atom stereocenters. The first-order valence-corrected chi connectivity index (χ1v) is 11.0. The van der Waals surface area contributed by atoms with Crippen molar-refractivity contribution < 1.29 is 0 Å². The van der Waals surface area contributed by atoms with E-state index in [1.807, 2.05) is 50.4 Å². The van der Waals surface area contributed by atoms with E-state index in [9.17, 15) is 5.26 Å². The van der Waals surface area contributed by atoms with Gasteiger partial charge in [-0.3, -0.25) is 0 Å². The molecule has 7 heteroatoms. The van der Waals surface area contributed by atoms with Crippen molar-refractivity contribution in [2.45, 2.75) is 33.7 Å². The van der Waals surface area contributed by atoms with Crippen LogP contribution < -0.4 is 10.2 Å². The summed E-state index contributed by atoms with van der Waals surface area (Å²) < 4.78 is 0. The predicted molar refractivity (Wildman–Crippen MR) is 130 cm³/mol. The fraction of sp³-hybridized carbons (Fsp3) is 0.360. The molecule has 164 valence electrons. The van der Waals surface area contributed by atoms with E-state index in [1.165, 1.54) is 0 Å². The van der Waals surface area contributed by atoms with E-state index in [0.717, 1.165) is 53.4 Å². The topological polar surface area (TPSA) is 80.4 Å². The van der Waals surface area contributed by atoms with Crippen LogP contribution in [0.1, 0.15) is 25.1 Å². The molecular weight excluding hydrogens is 398 g/mol. The summed E-state index contributed by atoms with van der Waals surface area (Å²) in [4.78, 5) is 18.1. The van der Waals surface area contributed by atoms with Crippen molar-refractivity contribution in [3.63, 3.8) is 0 Å². The number of anilines is 2. The molecule has 1 N–H and O–H groups in total. The van der Waals surface area contributed by atoms with Gasteiger partial charge >= 0.3 is 0 Å². The third kappa shape index (κ3) is 4.50. The lowest BCUT2D eigenvalue weighted by Gasteiger charge is -2.45. The van der Waals surface area contributed by atoms with Crippen LogP contribution in [-0.4, -0.2) is 46.5 Å². The number of para-hydroxylation sites is 1. The number of hydrogen-bond acceptors (Lipinski definition) is 5. The number of fused-ring (bicyclic) bond motifs is 1. The largest absolute Gasteiger partial charge is 0.353 e. The van der Waals surface area contributed by atoms with Gasteiger partial charge in [0.15, 0.2) is 5.65 Å². The minimum absolute atomic E-state index is 0.176. The molecule has 3 heterocycles. The molecule has 1 saturated heterocycles. The maximum absolute atomic E-state index is 9.36. The fourth-order valence-electron chi connectivity index (χ4n) is 4.16. The Kier molecular flexibility index (Phi) is 6.22. The van der Waals surface area contributed by atoms with Crippen LogP contribution in [0.15, 0.2) is 53.5 Å². The molecular formula is C25H29N7. The zero-order chi connectivity index (χ0) is 22.7. The average molecular weight is 428 g/mol. The Morgan fingerprint density at radius 3 is 2.62 bits per heavy atom. The Bertz CT molecular complexity index is 1180. The first kappa shape index (κ1) is 21.6. The van der Waals surface area contributed by atoms with E-state index in [4.69, 9.17) is 4.98 Å². The SMILES string of the molecule is Cc1ccc2ccc(N3CCN(/C(=N/C#N)Nc4ccccc4C)C(C(C)C)C3)nc2n1. The molecule has 0 amide bonds. The lowest BCUT2D eigenvalue weighted by atomic mass is 9.99. The van der Waals surface area contributed by atoms with Crippen molar-refractivity contribution in [2.24, 2.45) is 10.9 Å². The van der Waals surface area contributed by atoms with Gasteiger partial charge in [-0.25, -0.2) is 9.97 Å². The van der Waals surface area contributed by atoms with Gasteiger partial charge in [-0.05, 0) is 55.7 Å². The van der Waals surface area contributed by atoms with Crippen molar-refractivity contribution in [1.82, 2.24) is 14.9 Å². The smallest absolute Gasteiger partial charge is 0.214 e. The van der Waals surface area contributed by atoms with Crippen molar-refractivity contribution in [3.8, 4) is 6.19 Å². The summed E-state index contributed by atoms with van der Waals surface area (Å²) in [7, 11) is 0. The monoisotopic (exact) mass is 427 g/mol. The summed E-state index contributed by atoms with van der Waals surface area (Å²) in [5.41, 5.74) is 3.82. The van der Waals surface area contributed by atoms with Crippen LogP contribution >= 0.6 is 0 Å². The minimum atomic E-state index is 0.176. The minimum Gasteiger partial charge on any atom is -0.353 e. The molecule has 1 aliphatic rings. The van der Waals surface area contributed by atoms with Gasteiger partial charge in [-0.15, -0.1) is 4.99 Å². The first-order valence-electron chi connectivity index (χ1n) is 11.0. The zero-order valence-corrected chi connectivity index (χ0v) is 19.1. The highest BCUT2D eigenvalue weighted by molar-refractivity contribution is 5.95. The predicted octanol–water partition coefficient (Wildman–Crippen LogP) is 4.34. The number of aryl methyl sites for hydroxylation is 2. The number of nitrogens with one attached hydrogen (secondary N) is 1. The molecule has 0 spiro atoms. The number of pyridine rings is 2. The van der Waals surface area contributed by atoms with Crippen LogP contribution in [0.3, 0.4) is 0 Å². The summed E-state index contributed by atoms with van der Waals surface area (Å²) in [5.74, 6) is 1.90. The first-order chi connectivity index (χ1) is 15.5. The number of guanidine groups is 1. The third-order valence-electron chi connectivity index (χ3n) is 6.01. The Balaban J connectivity index is 1.59. The number of piperazine rings is 1. The number of aromatic nitrogens is 2. The standard InChI is InChI=1S/C25H29N7/c1-17(2)22-15-31(23-12-11-20-10-9-19(4)28-24(20)30-23)13-14-32(22)25(27-16-26)29-21-8-6-5-7-18(21)3/h5-12,17,22H,13-15H2,1-4H3,(H,27,29). The van der Waals surface area contributed by atoms with Gasteiger partial charge in [0.2, 0.25) is 12.2 Å². The zero-order valence-electron chi connectivity index (χ0n) is 19.1. The lowest BCUT2D eigenvalue weighted by molar-refractivity contribution is 0.224. The molecule has 1 unspecified atom stereocenters. The highest BCUT2D eigenvalue weighted by Crippen LogP contribution is 2.25. The van der Waals surface area contributed by atoms with E-state index in [-0.39, 0.29) is 6.04 Å². The molecule has 0 bridgehead atoms. The summed E-state index contributed by atoms with van der Waals surface area (Å²) in [6.45, 7) is 10.8. The van der Waals surface area contributed by atoms with E-state index in [0.29, 0.717) is 11.9 Å². The van der Waals surface area contributed by atoms with Crippen molar-refractivity contribution >= 4 is 28.5 Å². The normalized spacial score (nSPS) is 17.0. The van der Waals surface area contributed by atoms with Gasteiger partial charge in [-0.1, -0.05) is 32.0 Å². The molecule has 4 rings (SSSR count). The average Bonchev–Trinajstić information content (AvgIpc) is 2.79. The molecule has 0 saturated carbocycles. The van der Waals surface area contributed by atoms with Crippen LogP contribution in [0.4, 0.5) is 11.5 Å². The van der Waals surface area contributed by atoms with Crippen molar-refractivity contribution in [3.05, 3.63) is 59.8 Å². The number of nitrogens with zero attached hydrogens (tertiary/aromatic N) is 6. The Labute approximate surface area is 189 Å². The quantitative estimate of drug-likeness (QED) is 0.380. The van der Waals surface area contributed by atoms with Crippen LogP contribution in [0, 0.1) is 31.2 Å². The summed E-state index contributed by atoms with van der Waals surface area (Å²) >= 11 is 0. The highest BCUT2D eigenvalue weighted by Gasteiger charge is 2.32. The van der Waals surface area contributed by atoms with Crippen molar-refractivity contribution in [1.29, 1.82) is 5.26 Å². The third-order valence-corrected chi connectivity index (χ3v) is 6.01. The van der Waals surface area contributed by atoms with Gasteiger partial charge in [0, 0.05) is 36.4 Å². The van der Waals surface area contributed by atoms with Gasteiger partial charge in [-0.2, -0.15) is 5.26 Å². The maximum Gasteiger partial charge on any atom is 0.214 e. The Hall–Kier alpha value is -3.66. The molecule has 1 fully saturated rings. The summed E-state index contributed by atoms with van der Waals surface area (Å²) in [6, 6.07) is 16.5. The van der Waals surface area contributed by atoms with Crippen LogP contribution in [0.2, 0.25) is 0 Å². The number of aliphatic imine (C=N–C) groups is 1. The molecule has 1 aromatic carbocycles.